The summed E-state index contributed by atoms with van der Waals surface area (Å²) >= 11 is 12.1. The minimum Gasteiger partial charge on any atom is -0.349 e. The van der Waals surface area contributed by atoms with E-state index in [1.54, 1.807) is 0 Å². The molecule has 0 aromatic heterocycles. The SMILES string of the molecule is C=Cc1cc(C(/C=C/c2ccc(C(=O)N[C@H](C)CS(=O)(=O)CC(F)(F)F)c(C(F)(F)F)c2)C(C)(F)F)cc(Cl)c1Cl. The van der Waals surface area contributed by atoms with Crippen LogP contribution in [0.15, 0.2) is 43.0 Å². The summed E-state index contributed by atoms with van der Waals surface area (Å²) in [7, 11) is -4.73. The van der Waals surface area contributed by atoms with Crippen LogP contribution < -0.4 is 5.32 Å². The molecule has 0 radical (unpaired) electrons. The number of alkyl halides is 8. The molecule has 41 heavy (non-hydrogen) atoms. The third-order valence-electron chi connectivity index (χ3n) is 5.54. The van der Waals surface area contributed by atoms with Gasteiger partial charge in [-0.25, -0.2) is 17.2 Å². The maximum absolute atomic E-state index is 14.5. The highest BCUT2D eigenvalue weighted by molar-refractivity contribution is 7.91. The van der Waals surface area contributed by atoms with Gasteiger partial charge < -0.3 is 5.32 Å². The molecule has 226 valence electrons. The molecule has 0 saturated carbocycles. The standard InChI is InChI=1S/C26H23Cl2F8NO3S/c1-4-16-10-17(11-21(27)22(16)28)19(24(3,29)30)8-6-15-5-7-18(20(9-15)26(34,35)36)23(38)37-14(2)12-41(39,40)13-25(31,32)33/h4-11,14,19H,1,12-13H2,2-3H3,(H,37,38)/b8-6+/t14-,19?/m1/s1. The Hall–Kier alpha value is -2.64. The van der Waals surface area contributed by atoms with Gasteiger partial charge in [-0.2, -0.15) is 26.3 Å². The van der Waals surface area contributed by atoms with Crippen molar-refractivity contribution in [2.45, 2.75) is 44.1 Å². The molecule has 0 aliphatic heterocycles. The second kappa shape index (κ2) is 12.7. The van der Waals surface area contributed by atoms with Crippen molar-refractivity contribution in [2.75, 3.05) is 11.5 Å². The maximum atomic E-state index is 14.5. The van der Waals surface area contributed by atoms with Gasteiger partial charge >= 0.3 is 12.4 Å². The van der Waals surface area contributed by atoms with Gasteiger partial charge in [-0.05, 0) is 47.9 Å². The number of benzene rings is 2. The molecule has 0 spiro atoms. The van der Waals surface area contributed by atoms with E-state index in [4.69, 9.17) is 23.2 Å². The first-order valence-corrected chi connectivity index (χ1v) is 14.1. The number of allylic oxidation sites excluding steroid dienone is 1. The van der Waals surface area contributed by atoms with Crippen molar-refractivity contribution in [1.82, 2.24) is 5.32 Å². The molecule has 15 heteroatoms. The Morgan fingerprint density at radius 3 is 2.17 bits per heavy atom. The molecule has 0 fully saturated rings. The highest BCUT2D eigenvalue weighted by atomic mass is 35.5. The summed E-state index contributed by atoms with van der Waals surface area (Å²) in [6, 6.07) is 3.32. The summed E-state index contributed by atoms with van der Waals surface area (Å²) in [5.41, 5.74) is -2.39. The van der Waals surface area contributed by atoms with Crippen molar-refractivity contribution >= 4 is 51.1 Å². The minimum atomic E-state index is -5.11. The predicted octanol–water partition coefficient (Wildman–Crippen LogP) is 8.20. The van der Waals surface area contributed by atoms with Crippen LogP contribution in [0.5, 0.6) is 0 Å². The minimum absolute atomic E-state index is 0.000411. The molecule has 2 aromatic carbocycles. The van der Waals surface area contributed by atoms with Crippen LogP contribution in [0.2, 0.25) is 10.0 Å². The summed E-state index contributed by atoms with van der Waals surface area (Å²) in [6.45, 7) is 5.15. The molecule has 0 aliphatic rings. The molecule has 0 aliphatic carbocycles. The van der Waals surface area contributed by atoms with Crippen molar-refractivity contribution in [3.05, 3.63) is 80.8 Å². The zero-order valence-electron chi connectivity index (χ0n) is 21.3. The van der Waals surface area contributed by atoms with Crippen LogP contribution in [0.25, 0.3) is 12.2 Å². The lowest BCUT2D eigenvalue weighted by Crippen LogP contribution is -2.40. The predicted molar refractivity (Wildman–Crippen MR) is 142 cm³/mol. The lowest BCUT2D eigenvalue weighted by molar-refractivity contribution is -0.138. The lowest BCUT2D eigenvalue weighted by atomic mass is 9.90. The van der Waals surface area contributed by atoms with Gasteiger partial charge in [0.2, 0.25) is 0 Å². The zero-order chi connectivity index (χ0) is 31.6. The van der Waals surface area contributed by atoms with Gasteiger partial charge in [0.15, 0.2) is 9.84 Å². The Labute approximate surface area is 240 Å². The van der Waals surface area contributed by atoms with E-state index in [0.29, 0.717) is 13.0 Å². The molecule has 1 unspecified atom stereocenters. The fourth-order valence-electron chi connectivity index (χ4n) is 3.87. The number of rotatable bonds is 10. The third-order valence-corrected chi connectivity index (χ3v) is 8.14. The fourth-order valence-corrected chi connectivity index (χ4v) is 5.75. The molecule has 0 bridgehead atoms. The van der Waals surface area contributed by atoms with Gasteiger partial charge in [-0.15, -0.1) is 0 Å². The molecular weight excluding hydrogens is 629 g/mol. The van der Waals surface area contributed by atoms with Crippen LogP contribution >= 0.6 is 23.2 Å². The fraction of sp³-hybridized carbons (Fsp3) is 0.346. The van der Waals surface area contributed by atoms with Gasteiger partial charge in [0.05, 0.1) is 32.8 Å². The molecule has 2 rings (SSSR count). The number of sulfone groups is 1. The molecule has 0 saturated heterocycles. The second-order valence-electron chi connectivity index (χ2n) is 9.25. The van der Waals surface area contributed by atoms with Crippen LogP contribution in [-0.4, -0.2) is 44.0 Å². The van der Waals surface area contributed by atoms with Crippen LogP contribution in [0.1, 0.15) is 52.4 Å². The smallest absolute Gasteiger partial charge is 0.349 e. The zero-order valence-corrected chi connectivity index (χ0v) is 23.6. The number of hydrogen-bond donors (Lipinski definition) is 1. The Morgan fingerprint density at radius 2 is 1.66 bits per heavy atom. The molecule has 2 atom stereocenters. The van der Waals surface area contributed by atoms with Gasteiger partial charge in [-0.3, -0.25) is 4.79 Å². The van der Waals surface area contributed by atoms with Crippen molar-refractivity contribution in [2.24, 2.45) is 0 Å². The molecule has 1 N–H and O–H groups in total. The topological polar surface area (TPSA) is 63.2 Å². The van der Waals surface area contributed by atoms with E-state index >= 15 is 0 Å². The number of nitrogens with one attached hydrogen (secondary N) is 1. The highest BCUT2D eigenvalue weighted by Gasteiger charge is 2.38. The maximum Gasteiger partial charge on any atom is 0.417 e. The number of amides is 1. The van der Waals surface area contributed by atoms with E-state index in [9.17, 15) is 48.3 Å². The van der Waals surface area contributed by atoms with Crippen LogP contribution in [0.3, 0.4) is 0 Å². The lowest BCUT2D eigenvalue weighted by Gasteiger charge is -2.22. The van der Waals surface area contributed by atoms with Gasteiger partial charge in [0.25, 0.3) is 11.8 Å². The Balaban J connectivity index is 2.41. The highest BCUT2D eigenvalue weighted by Crippen LogP contribution is 2.39. The average Bonchev–Trinajstić information content (AvgIpc) is 2.77. The molecule has 0 heterocycles. The second-order valence-corrected chi connectivity index (χ2v) is 12.1. The number of carbonyl (C=O) groups excluding carboxylic acids is 1. The summed E-state index contributed by atoms with van der Waals surface area (Å²) < 4.78 is 131. The summed E-state index contributed by atoms with van der Waals surface area (Å²) in [6.07, 6.45) is -6.92. The Morgan fingerprint density at radius 1 is 1.05 bits per heavy atom. The van der Waals surface area contributed by atoms with Crippen LogP contribution in [0.4, 0.5) is 35.1 Å². The average molecular weight is 652 g/mol. The number of hydrogen-bond acceptors (Lipinski definition) is 3. The van der Waals surface area contributed by atoms with Crippen molar-refractivity contribution in [3.63, 3.8) is 0 Å². The number of carbonyl (C=O) groups is 1. The van der Waals surface area contributed by atoms with E-state index in [0.717, 1.165) is 31.2 Å². The van der Waals surface area contributed by atoms with Gasteiger partial charge in [0.1, 0.15) is 5.75 Å². The summed E-state index contributed by atoms with van der Waals surface area (Å²) in [5.74, 6) is -9.79. The Bertz CT molecular complexity index is 1430. The molecule has 1 amide bonds. The van der Waals surface area contributed by atoms with Gasteiger partial charge in [0, 0.05) is 13.0 Å². The van der Waals surface area contributed by atoms with Crippen molar-refractivity contribution < 1.29 is 48.3 Å². The monoisotopic (exact) mass is 651 g/mol. The molecule has 4 nitrogen and oxygen atoms in total. The molecular formula is C26H23Cl2F8NO3S. The van der Waals surface area contributed by atoms with E-state index in [1.807, 2.05) is 5.32 Å². The summed E-state index contributed by atoms with van der Waals surface area (Å²) in [5, 5.41) is 1.98. The normalized spacial score (nSPS) is 14.6. The van der Waals surface area contributed by atoms with Crippen molar-refractivity contribution in [3.8, 4) is 0 Å². The van der Waals surface area contributed by atoms with Crippen LogP contribution in [-0.2, 0) is 16.0 Å². The van der Waals surface area contributed by atoms with E-state index in [2.05, 4.69) is 6.58 Å². The Kier molecular flexibility index (Phi) is 10.7. The van der Waals surface area contributed by atoms with E-state index in [1.165, 1.54) is 18.2 Å². The largest absolute Gasteiger partial charge is 0.417 e. The summed E-state index contributed by atoms with van der Waals surface area (Å²) in [4.78, 5) is 12.5. The quantitative estimate of drug-likeness (QED) is 0.263. The van der Waals surface area contributed by atoms with Crippen molar-refractivity contribution in [1.29, 1.82) is 0 Å². The first-order valence-electron chi connectivity index (χ1n) is 11.5. The first-order chi connectivity index (χ1) is 18.5. The van der Waals surface area contributed by atoms with E-state index < -0.39 is 68.6 Å². The van der Waals surface area contributed by atoms with Gasteiger partial charge in [-0.1, -0.05) is 54.1 Å². The van der Waals surface area contributed by atoms with Crippen LogP contribution in [0, 0.1) is 0 Å². The molecule has 2 aromatic rings. The first kappa shape index (κ1) is 34.6. The third kappa shape index (κ3) is 10.00. The van der Waals surface area contributed by atoms with E-state index in [-0.39, 0.29) is 26.7 Å². The number of halogens is 10.